The van der Waals surface area contributed by atoms with E-state index in [1.54, 1.807) is 13.8 Å². The molecule has 0 radical (unpaired) electrons. The van der Waals surface area contributed by atoms with Crippen LogP contribution in [-0.2, 0) is 25.3 Å². The van der Waals surface area contributed by atoms with Gasteiger partial charge in [-0.1, -0.05) is 63.6 Å². The van der Waals surface area contributed by atoms with E-state index in [1.807, 2.05) is 43.0 Å². The molecule has 0 aliphatic carbocycles. The number of piperidine rings is 1. The number of carbonyl (C=O) groups excluding carboxylic acids is 3. The van der Waals surface area contributed by atoms with Crippen molar-refractivity contribution in [1.82, 2.24) is 15.5 Å². The fourth-order valence-electron chi connectivity index (χ4n) is 5.41. The van der Waals surface area contributed by atoms with Crippen molar-refractivity contribution in [3.8, 4) is 5.75 Å². The first-order valence-electron chi connectivity index (χ1n) is 14.5. The van der Waals surface area contributed by atoms with Crippen molar-refractivity contribution in [1.29, 1.82) is 0 Å². The number of urea groups is 1. The highest BCUT2D eigenvalue weighted by atomic mass is 35.5. The number of hydrogen-bond donors (Lipinski definition) is 4. The molecule has 4 N–H and O–H groups in total. The second-order valence-corrected chi connectivity index (χ2v) is 14.4. The van der Waals surface area contributed by atoms with Gasteiger partial charge in [0.15, 0.2) is 0 Å². The maximum Gasteiger partial charge on any atom is 0.524 e. The van der Waals surface area contributed by atoms with Crippen LogP contribution in [0.3, 0.4) is 0 Å². The topological polar surface area (TPSA) is 155 Å². The molecule has 13 heteroatoms. The minimum Gasteiger partial charge on any atom is -0.458 e. The fraction of sp³-hybridized carbons (Fsp3) is 0.516. The highest BCUT2D eigenvalue weighted by Crippen LogP contribution is 2.42. The summed E-state index contributed by atoms with van der Waals surface area (Å²) in [5.74, 6) is -0.616. The van der Waals surface area contributed by atoms with Gasteiger partial charge < -0.3 is 24.8 Å². The number of hydrogen-bond acceptors (Lipinski definition) is 6. The van der Waals surface area contributed by atoms with Gasteiger partial charge in [0.2, 0.25) is 5.91 Å². The van der Waals surface area contributed by atoms with E-state index in [2.05, 4.69) is 29.0 Å². The number of likely N-dealkylation sites (tertiary alicyclic amines) is 1. The number of ether oxygens (including phenoxy) is 1. The third-order valence-corrected chi connectivity index (χ3v) is 8.29. The van der Waals surface area contributed by atoms with Crippen LogP contribution in [0.15, 0.2) is 48.5 Å². The van der Waals surface area contributed by atoms with Gasteiger partial charge in [-0.25, -0.2) is 9.36 Å². The van der Waals surface area contributed by atoms with Gasteiger partial charge in [0.25, 0.3) is 0 Å². The Morgan fingerprint density at radius 3 is 2.25 bits per heavy atom. The zero-order valence-electron chi connectivity index (χ0n) is 26.0. The van der Waals surface area contributed by atoms with Crippen LogP contribution in [0.25, 0.3) is 0 Å². The summed E-state index contributed by atoms with van der Waals surface area (Å²) in [6, 6.07) is 12.2. The molecule has 0 saturated carbocycles. The lowest BCUT2D eigenvalue weighted by Crippen LogP contribution is -2.58. The first-order chi connectivity index (χ1) is 20.3. The third kappa shape index (κ3) is 10.5. The number of carbonyl (C=O) groups is 3. The van der Waals surface area contributed by atoms with Crippen molar-refractivity contribution in [3.63, 3.8) is 0 Å². The summed E-state index contributed by atoms with van der Waals surface area (Å²) in [6.45, 7) is 12.5. The number of halogens is 1. The van der Waals surface area contributed by atoms with Crippen LogP contribution in [0.1, 0.15) is 65.0 Å². The Kier molecular flexibility index (Phi) is 11.5. The van der Waals surface area contributed by atoms with E-state index in [9.17, 15) is 18.9 Å². The number of phosphoric acid groups is 1. The number of phosphoric ester groups is 1. The summed E-state index contributed by atoms with van der Waals surface area (Å²) in [4.78, 5) is 58.6. The molecule has 3 amide bonds. The SMILES string of the molecule is CC(C)C(NC(=O)NCC(C)(C)OC(=O)Cc1ccc(OP(=O)(O)O)cc1)C(=O)N1CCC(c2ccc(Cl)cc2)C(C)(C)C1. The molecule has 0 aromatic heterocycles. The van der Waals surface area contributed by atoms with Gasteiger partial charge in [-0.3, -0.25) is 19.4 Å². The van der Waals surface area contributed by atoms with Crippen molar-refractivity contribution in [2.24, 2.45) is 11.3 Å². The number of nitrogens with zero attached hydrogens (tertiary/aromatic N) is 1. The lowest BCUT2D eigenvalue weighted by Gasteiger charge is -2.45. The van der Waals surface area contributed by atoms with E-state index in [1.165, 1.54) is 29.8 Å². The summed E-state index contributed by atoms with van der Waals surface area (Å²) in [5, 5.41) is 6.21. The lowest BCUT2D eigenvalue weighted by atomic mass is 9.70. The molecule has 11 nitrogen and oxygen atoms in total. The standard InChI is InChI=1S/C31H43ClN3O8P/c1-20(2)27(28(37)35-16-15-25(30(3,4)19-35)22-9-11-23(32)12-10-22)34-29(38)33-18-31(5,6)42-26(36)17-21-7-13-24(14-8-21)43-44(39,40)41/h7-14,20,25,27H,15-19H2,1-6H3,(H2,33,34,38)(H2,39,40,41). The Balaban J connectivity index is 1.52. The molecule has 0 spiro atoms. The molecule has 44 heavy (non-hydrogen) atoms. The van der Waals surface area contributed by atoms with E-state index in [0.717, 1.165) is 6.42 Å². The minimum absolute atomic E-state index is 0.00183. The lowest BCUT2D eigenvalue weighted by molar-refractivity contribution is -0.155. The fourth-order valence-corrected chi connectivity index (χ4v) is 5.93. The Morgan fingerprint density at radius 2 is 1.70 bits per heavy atom. The summed E-state index contributed by atoms with van der Waals surface area (Å²) in [7, 11) is -4.68. The molecule has 1 fully saturated rings. The summed E-state index contributed by atoms with van der Waals surface area (Å²) < 4.78 is 21.0. The quantitative estimate of drug-likeness (QED) is 0.195. The van der Waals surface area contributed by atoms with Gasteiger partial charge in [-0.15, -0.1) is 0 Å². The first kappa shape index (κ1) is 35.4. The smallest absolute Gasteiger partial charge is 0.458 e. The average molecular weight is 652 g/mol. The maximum absolute atomic E-state index is 13.6. The van der Waals surface area contributed by atoms with Crippen molar-refractivity contribution < 1.29 is 38.0 Å². The molecule has 2 aromatic carbocycles. The molecule has 242 valence electrons. The molecular weight excluding hydrogens is 609 g/mol. The van der Waals surface area contributed by atoms with Crippen LogP contribution in [0.4, 0.5) is 4.79 Å². The number of rotatable bonds is 11. The molecule has 1 aliphatic heterocycles. The van der Waals surface area contributed by atoms with Gasteiger partial charge in [0.1, 0.15) is 17.4 Å². The van der Waals surface area contributed by atoms with E-state index in [4.69, 9.17) is 26.1 Å². The molecule has 3 rings (SSSR count). The van der Waals surface area contributed by atoms with Crippen molar-refractivity contribution in [3.05, 3.63) is 64.7 Å². The van der Waals surface area contributed by atoms with E-state index in [0.29, 0.717) is 23.7 Å². The molecular formula is C31H43ClN3O8P. The maximum atomic E-state index is 13.6. The Morgan fingerprint density at radius 1 is 1.09 bits per heavy atom. The summed E-state index contributed by atoms with van der Waals surface area (Å²) >= 11 is 6.07. The molecule has 1 heterocycles. The largest absolute Gasteiger partial charge is 0.524 e. The van der Waals surface area contributed by atoms with Crippen LogP contribution in [0, 0.1) is 11.3 Å². The van der Waals surface area contributed by atoms with Crippen molar-refractivity contribution >= 4 is 37.3 Å². The predicted molar refractivity (Wildman–Crippen MR) is 167 cm³/mol. The normalized spacial score (nSPS) is 17.5. The van der Waals surface area contributed by atoms with Gasteiger partial charge in [0, 0.05) is 18.1 Å². The van der Waals surface area contributed by atoms with Gasteiger partial charge in [-0.05, 0) is 72.9 Å². The Bertz CT molecular complexity index is 1360. The number of nitrogens with one attached hydrogen (secondary N) is 2. The molecule has 1 aliphatic rings. The van der Waals surface area contributed by atoms with E-state index >= 15 is 0 Å². The second-order valence-electron chi connectivity index (χ2n) is 12.8. The number of esters is 1. The van der Waals surface area contributed by atoms with Crippen molar-refractivity contribution in [2.45, 2.75) is 71.9 Å². The zero-order valence-corrected chi connectivity index (χ0v) is 27.7. The van der Waals surface area contributed by atoms with Crippen LogP contribution in [-0.4, -0.2) is 63.9 Å². The molecule has 2 unspecified atom stereocenters. The minimum atomic E-state index is -4.68. The van der Waals surface area contributed by atoms with Crippen molar-refractivity contribution in [2.75, 3.05) is 19.6 Å². The van der Waals surface area contributed by atoms with Gasteiger partial charge >= 0.3 is 19.8 Å². The highest BCUT2D eigenvalue weighted by molar-refractivity contribution is 7.46. The summed E-state index contributed by atoms with van der Waals surface area (Å²) in [6.07, 6.45) is 0.697. The van der Waals surface area contributed by atoms with Crippen LogP contribution in [0.5, 0.6) is 5.75 Å². The second kappa shape index (κ2) is 14.3. The first-order valence-corrected chi connectivity index (χ1v) is 16.4. The van der Waals surface area contributed by atoms with Crippen LogP contribution in [0.2, 0.25) is 5.02 Å². The van der Waals surface area contributed by atoms with E-state index < -0.39 is 31.5 Å². The molecule has 1 saturated heterocycles. The van der Waals surface area contributed by atoms with Crippen LogP contribution >= 0.6 is 19.4 Å². The molecule has 0 bridgehead atoms. The predicted octanol–water partition coefficient (Wildman–Crippen LogP) is 5.04. The molecule has 2 aromatic rings. The molecule has 2 atom stereocenters. The number of amides is 3. The van der Waals surface area contributed by atoms with Crippen LogP contribution < -0.4 is 15.2 Å². The number of benzene rings is 2. The van der Waals surface area contributed by atoms with Gasteiger partial charge in [0.05, 0.1) is 13.0 Å². The third-order valence-electron chi connectivity index (χ3n) is 7.59. The monoisotopic (exact) mass is 651 g/mol. The Hall–Kier alpha value is -3.11. The highest BCUT2D eigenvalue weighted by Gasteiger charge is 2.40. The average Bonchev–Trinajstić information content (AvgIpc) is 2.90. The Labute approximate surface area is 263 Å². The summed E-state index contributed by atoms with van der Waals surface area (Å²) in [5.41, 5.74) is 0.507. The van der Waals surface area contributed by atoms with Gasteiger partial charge in [-0.2, -0.15) is 0 Å². The zero-order chi connectivity index (χ0) is 32.9. The van der Waals surface area contributed by atoms with E-state index in [-0.39, 0.29) is 41.9 Å².